The largest absolute Gasteiger partial charge is 0.368 e. The van der Waals surface area contributed by atoms with Gasteiger partial charge in [0, 0.05) is 10.9 Å². The molecule has 20 heavy (non-hydrogen) atoms. The molecule has 0 bridgehead atoms. The molecule has 2 aromatic rings. The van der Waals surface area contributed by atoms with E-state index in [1.165, 1.54) is 23.8 Å². The van der Waals surface area contributed by atoms with E-state index in [-0.39, 0.29) is 0 Å². The Hall–Kier alpha value is -2.21. The summed E-state index contributed by atoms with van der Waals surface area (Å²) in [5.41, 5.74) is 7.52. The molecule has 6 heteroatoms. The number of rotatable bonds is 4. The van der Waals surface area contributed by atoms with Crippen molar-refractivity contribution in [1.29, 1.82) is 0 Å². The van der Waals surface area contributed by atoms with E-state index < -0.39 is 17.9 Å². The highest BCUT2D eigenvalue weighted by Gasteiger charge is 2.16. The van der Waals surface area contributed by atoms with Crippen LogP contribution in [-0.2, 0) is 4.79 Å². The van der Waals surface area contributed by atoms with Crippen molar-refractivity contribution >= 4 is 23.2 Å². The minimum atomic E-state index is -0.716. The highest BCUT2D eigenvalue weighted by molar-refractivity contribution is 7.13. The fourth-order valence-electron chi connectivity index (χ4n) is 1.55. The Morgan fingerprint density at radius 1 is 1.30 bits per heavy atom. The number of nitrogens with one attached hydrogen (secondary N) is 1. The van der Waals surface area contributed by atoms with Gasteiger partial charge in [-0.1, -0.05) is 29.8 Å². The molecule has 2 rings (SSSR count). The monoisotopic (exact) mass is 289 g/mol. The van der Waals surface area contributed by atoms with Crippen LogP contribution in [0.1, 0.15) is 23.0 Å². The number of aryl methyl sites for hydroxylation is 1. The number of primary amides is 1. The van der Waals surface area contributed by atoms with Gasteiger partial charge in [-0.05, 0) is 13.8 Å². The first-order chi connectivity index (χ1) is 9.47. The van der Waals surface area contributed by atoms with Gasteiger partial charge in [-0.25, -0.2) is 4.98 Å². The van der Waals surface area contributed by atoms with Crippen LogP contribution in [0.5, 0.6) is 0 Å². The molecule has 0 saturated carbocycles. The van der Waals surface area contributed by atoms with E-state index in [0.29, 0.717) is 5.69 Å². The van der Waals surface area contributed by atoms with E-state index in [9.17, 15) is 9.59 Å². The summed E-state index contributed by atoms with van der Waals surface area (Å²) in [6, 6.07) is 7.19. The first kappa shape index (κ1) is 14.2. The molecule has 3 N–H and O–H groups in total. The second-order valence-corrected chi connectivity index (χ2v) is 5.36. The summed E-state index contributed by atoms with van der Waals surface area (Å²) in [5, 5.41) is 4.93. The Labute approximate surface area is 120 Å². The molecule has 1 aromatic carbocycles. The maximum absolute atomic E-state index is 11.9. The number of thiazole rings is 1. The van der Waals surface area contributed by atoms with Gasteiger partial charge in [0.25, 0.3) is 5.91 Å². The van der Waals surface area contributed by atoms with Gasteiger partial charge in [0.2, 0.25) is 5.91 Å². The summed E-state index contributed by atoms with van der Waals surface area (Å²) >= 11 is 1.38. The van der Waals surface area contributed by atoms with Crippen molar-refractivity contribution in [2.24, 2.45) is 5.73 Å². The Morgan fingerprint density at radius 2 is 1.95 bits per heavy atom. The molecular formula is C14H15N3O2S. The van der Waals surface area contributed by atoms with E-state index in [1.807, 2.05) is 31.2 Å². The number of hydrogen-bond acceptors (Lipinski definition) is 4. The number of hydrogen-bond donors (Lipinski definition) is 2. The van der Waals surface area contributed by atoms with Crippen molar-refractivity contribution in [3.8, 4) is 10.6 Å². The van der Waals surface area contributed by atoms with Gasteiger partial charge in [0.05, 0.1) is 0 Å². The predicted octanol–water partition coefficient (Wildman–Crippen LogP) is 1.72. The summed E-state index contributed by atoms with van der Waals surface area (Å²) in [5.74, 6) is -0.974. The van der Waals surface area contributed by atoms with Crippen molar-refractivity contribution < 1.29 is 9.59 Å². The number of aromatic nitrogens is 1. The maximum Gasteiger partial charge on any atom is 0.271 e. The average molecular weight is 289 g/mol. The summed E-state index contributed by atoms with van der Waals surface area (Å²) in [6.07, 6.45) is 0. The minimum Gasteiger partial charge on any atom is -0.368 e. The zero-order valence-corrected chi connectivity index (χ0v) is 12.0. The number of nitrogens with zero attached hydrogens (tertiary/aromatic N) is 1. The van der Waals surface area contributed by atoms with Crippen molar-refractivity contribution in [2.45, 2.75) is 19.9 Å². The number of benzene rings is 1. The van der Waals surface area contributed by atoms with E-state index in [2.05, 4.69) is 10.3 Å². The van der Waals surface area contributed by atoms with E-state index >= 15 is 0 Å². The van der Waals surface area contributed by atoms with E-state index in [4.69, 9.17) is 5.73 Å². The van der Waals surface area contributed by atoms with Gasteiger partial charge in [-0.3, -0.25) is 9.59 Å². The van der Waals surface area contributed by atoms with Crippen molar-refractivity contribution in [3.63, 3.8) is 0 Å². The summed E-state index contributed by atoms with van der Waals surface area (Å²) in [7, 11) is 0. The van der Waals surface area contributed by atoms with Crippen LogP contribution in [0.15, 0.2) is 29.6 Å². The van der Waals surface area contributed by atoms with Crippen molar-refractivity contribution in [2.75, 3.05) is 0 Å². The van der Waals surface area contributed by atoms with Crippen LogP contribution < -0.4 is 11.1 Å². The van der Waals surface area contributed by atoms with Gasteiger partial charge in [-0.15, -0.1) is 11.3 Å². The molecule has 0 aliphatic carbocycles. The lowest BCUT2D eigenvalue weighted by atomic mass is 10.2. The lowest BCUT2D eigenvalue weighted by molar-refractivity contribution is -0.119. The van der Waals surface area contributed by atoms with Gasteiger partial charge < -0.3 is 11.1 Å². The van der Waals surface area contributed by atoms with Crippen LogP contribution in [-0.4, -0.2) is 22.8 Å². The second-order valence-electron chi connectivity index (χ2n) is 4.50. The van der Waals surface area contributed by atoms with Gasteiger partial charge in [0.1, 0.15) is 16.7 Å². The van der Waals surface area contributed by atoms with Crippen LogP contribution in [0.2, 0.25) is 0 Å². The minimum absolute atomic E-state index is 0.290. The molecule has 0 fully saturated rings. The highest BCUT2D eigenvalue weighted by atomic mass is 32.1. The molecule has 0 radical (unpaired) electrons. The average Bonchev–Trinajstić information content (AvgIpc) is 2.89. The van der Waals surface area contributed by atoms with Crippen LogP contribution in [0.3, 0.4) is 0 Å². The standard InChI is InChI=1S/C14H15N3O2S/c1-8-3-5-10(6-4-8)14-17-11(7-20-14)13(19)16-9(2)12(15)18/h3-7,9H,1-2H3,(H2,15,18)(H,16,19)/t9-/m0/s1. The highest BCUT2D eigenvalue weighted by Crippen LogP contribution is 2.23. The van der Waals surface area contributed by atoms with Crippen LogP contribution in [0, 0.1) is 6.92 Å². The Kier molecular flexibility index (Phi) is 4.14. The normalized spacial score (nSPS) is 11.9. The molecule has 0 saturated heterocycles. The molecule has 104 valence electrons. The molecular weight excluding hydrogens is 274 g/mol. The molecule has 0 unspecified atom stereocenters. The molecule has 0 aliphatic heterocycles. The molecule has 0 spiro atoms. The lowest BCUT2D eigenvalue weighted by Gasteiger charge is -2.07. The number of carbonyl (C=O) groups excluding carboxylic acids is 2. The number of nitrogens with two attached hydrogens (primary N) is 1. The lowest BCUT2D eigenvalue weighted by Crippen LogP contribution is -2.42. The van der Waals surface area contributed by atoms with Crippen LogP contribution in [0.25, 0.3) is 10.6 Å². The van der Waals surface area contributed by atoms with Crippen LogP contribution in [0.4, 0.5) is 0 Å². The summed E-state index contributed by atoms with van der Waals surface area (Å²) in [6.45, 7) is 3.54. The van der Waals surface area contributed by atoms with Crippen molar-refractivity contribution in [1.82, 2.24) is 10.3 Å². The predicted molar refractivity (Wildman–Crippen MR) is 78.4 cm³/mol. The second kappa shape index (κ2) is 5.83. The first-order valence-corrected chi connectivity index (χ1v) is 6.98. The fourth-order valence-corrected chi connectivity index (χ4v) is 2.35. The first-order valence-electron chi connectivity index (χ1n) is 6.10. The molecule has 1 heterocycles. The molecule has 5 nitrogen and oxygen atoms in total. The van der Waals surface area contributed by atoms with E-state index in [0.717, 1.165) is 10.6 Å². The third-order valence-corrected chi connectivity index (χ3v) is 3.70. The van der Waals surface area contributed by atoms with Gasteiger partial charge in [0.15, 0.2) is 0 Å². The Bertz CT molecular complexity index is 634. The smallest absolute Gasteiger partial charge is 0.271 e. The maximum atomic E-state index is 11.9. The zero-order chi connectivity index (χ0) is 14.7. The third kappa shape index (κ3) is 3.21. The topological polar surface area (TPSA) is 85.1 Å². The van der Waals surface area contributed by atoms with Crippen molar-refractivity contribution in [3.05, 3.63) is 40.9 Å². The van der Waals surface area contributed by atoms with Crippen LogP contribution >= 0.6 is 11.3 Å². The fraction of sp³-hybridized carbons (Fsp3) is 0.214. The quantitative estimate of drug-likeness (QED) is 0.898. The SMILES string of the molecule is Cc1ccc(-c2nc(C(=O)N[C@@H](C)C(N)=O)cs2)cc1. The summed E-state index contributed by atoms with van der Waals surface area (Å²) in [4.78, 5) is 27.1. The zero-order valence-electron chi connectivity index (χ0n) is 11.2. The third-order valence-electron chi connectivity index (χ3n) is 2.81. The molecule has 2 amide bonds. The Balaban J connectivity index is 2.14. The summed E-state index contributed by atoms with van der Waals surface area (Å²) < 4.78 is 0. The molecule has 0 aliphatic rings. The Morgan fingerprint density at radius 3 is 2.55 bits per heavy atom. The molecule has 1 aromatic heterocycles. The molecule has 1 atom stereocenters. The number of carbonyl (C=O) groups is 2. The number of amides is 2. The van der Waals surface area contributed by atoms with Gasteiger partial charge in [-0.2, -0.15) is 0 Å². The van der Waals surface area contributed by atoms with E-state index in [1.54, 1.807) is 5.38 Å². The van der Waals surface area contributed by atoms with Gasteiger partial charge >= 0.3 is 0 Å².